The maximum Gasteiger partial charge on any atom is 0.216 e. The molecule has 2 rings (SSSR count). The van der Waals surface area contributed by atoms with Crippen LogP contribution < -0.4 is 10.0 Å². The number of nitrogens with one attached hydrogen (secondary N) is 2. The molecular formula is C13H16Cl2N2O2S. The van der Waals surface area contributed by atoms with Crippen molar-refractivity contribution in [2.75, 3.05) is 19.6 Å². The highest BCUT2D eigenvalue weighted by molar-refractivity contribution is 7.88. The van der Waals surface area contributed by atoms with Crippen LogP contribution in [0.25, 0.3) is 0 Å². The lowest BCUT2D eigenvalue weighted by molar-refractivity contribution is 0.581. The molecule has 4 nitrogen and oxygen atoms in total. The van der Waals surface area contributed by atoms with Crippen LogP contribution in [0.15, 0.2) is 29.8 Å². The summed E-state index contributed by atoms with van der Waals surface area (Å²) in [7, 11) is -3.40. The van der Waals surface area contributed by atoms with E-state index in [1.807, 2.05) is 6.08 Å². The molecule has 1 aliphatic heterocycles. The average Bonchev–Trinajstić information content (AvgIpc) is 2.36. The number of hydrogen-bond donors (Lipinski definition) is 2. The van der Waals surface area contributed by atoms with Crippen LogP contribution in [-0.4, -0.2) is 28.1 Å². The minimum Gasteiger partial charge on any atom is -0.313 e. The van der Waals surface area contributed by atoms with Gasteiger partial charge in [-0.3, -0.25) is 0 Å². The van der Waals surface area contributed by atoms with Gasteiger partial charge < -0.3 is 5.32 Å². The number of sulfonamides is 1. The summed E-state index contributed by atoms with van der Waals surface area (Å²) in [5, 5.41) is 4.05. The van der Waals surface area contributed by atoms with Gasteiger partial charge in [-0.2, -0.15) is 0 Å². The molecule has 0 bridgehead atoms. The van der Waals surface area contributed by atoms with Gasteiger partial charge in [0.05, 0.1) is 5.75 Å². The molecule has 0 saturated carbocycles. The monoisotopic (exact) mass is 334 g/mol. The van der Waals surface area contributed by atoms with E-state index in [4.69, 9.17) is 23.2 Å². The highest BCUT2D eigenvalue weighted by atomic mass is 35.5. The van der Waals surface area contributed by atoms with E-state index in [0.29, 0.717) is 22.2 Å². The second kappa shape index (κ2) is 6.91. The van der Waals surface area contributed by atoms with Gasteiger partial charge in [-0.05, 0) is 36.7 Å². The zero-order valence-corrected chi connectivity index (χ0v) is 13.2. The smallest absolute Gasteiger partial charge is 0.216 e. The van der Waals surface area contributed by atoms with Crippen LogP contribution >= 0.6 is 23.2 Å². The van der Waals surface area contributed by atoms with Gasteiger partial charge in [-0.1, -0.05) is 34.9 Å². The van der Waals surface area contributed by atoms with Crippen molar-refractivity contribution >= 4 is 33.2 Å². The van der Waals surface area contributed by atoms with Gasteiger partial charge in [0, 0.05) is 23.1 Å². The molecule has 0 amide bonds. The highest BCUT2D eigenvalue weighted by Crippen LogP contribution is 2.20. The van der Waals surface area contributed by atoms with Crippen molar-refractivity contribution in [3.05, 3.63) is 45.5 Å². The Morgan fingerprint density at radius 1 is 1.20 bits per heavy atom. The first-order chi connectivity index (χ1) is 9.44. The van der Waals surface area contributed by atoms with E-state index in [0.717, 1.165) is 25.1 Å². The Labute approximate surface area is 129 Å². The molecule has 110 valence electrons. The van der Waals surface area contributed by atoms with Crippen molar-refractivity contribution in [2.45, 2.75) is 12.2 Å². The summed E-state index contributed by atoms with van der Waals surface area (Å²) < 4.78 is 26.7. The van der Waals surface area contributed by atoms with Crippen molar-refractivity contribution in [3.8, 4) is 0 Å². The largest absolute Gasteiger partial charge is 0.313 e. The Hall–Kier alpha value is -0.590. The molecular weight excluding hydrogens is 319 g/mol. The molecule has 0 aliphatic carbocycles. The minimum absolute atomic E-state index is 0.126. The Kier molecular flexibility index (Phi) is 5.46. The van der Waals surface area contributed by atoms with Gasteiger partial charge >= 0.3 is 0 Å². The first kappa shape index (κ1) is 15.8. The fourth-order valence-corrected chi connectivity index (χ4v) is 3.68. The van der Waals surface area contributed by atoms with Gasteiger partial charge in [0.15, 0.2) is 0 Å². The summed E-state index contributed by atoms with van der Waals surface area (Å²) in [6.45, 7) is 2.04. The maximum atomic E-state index is 12.0. The zero-order chi connectivity index (χ0) is 14.6. The highest BCUT2D eigenvalue weighted by Gasteiger charge is 2.13. The number of rotatable bonds is 5. The molecule has 1 aromatic rings. The van der Waals surface area contributed by atoms with Crippen LogP contribution in [0, 0.1) is 0 Å². The lowest BCUT2D eigenvalue weighted by Gasteiger charge is -2.14. The Balaban J connectivity index is 1.98. The predicted molar refractivity (Wildman–Crippen MR) is 82.7 cm³/mol. The molecule has 0 radical (unpaired) electrons. The summed E-state index contributed by atoms with van der Waals surface area (Å²) in [6.07, 6.45) is 2.88. The third kappa shape index (κ3) is 5.07. The molecule has 0 atom stereocenters. The summed E-state index contributed by atoms with van der Waals surface area (Å²) >= 11 is 11.7. The van der Waals surface area contributed by atoms with E-state index in [1.165, 1.54) is 0 Å². The number of benzene rings is 1. The van der Waals surface area contributed by atoms with Crippen LogP contribution in [0.4, 0.5) is 0 Å². The Morgan fingerprint density at radius 2 is 1.90 bits per heavy atom. The van der Waals surface area contributed by atoms with E-state index in [1.54, 1.807) is 18.2 Å². The van der Waals surface area contributed by atoms with Crippen molar-refractivity contribution < 1.29 is 8.42 Å². The standard InChI is InChI=1S/C13H16Cl2N2O2S/c14-12-5-11(6-13(15)7-12)9-20(18,19)17-8-10-1-3-16-4-2-10/h1,5-7,16-17H,2-4,8-9H2. The fraction of sp³-hybridized carbons (Fsp3) is 0.385. The molecule has 2 N–H and O–H groups in total. The van der Waals surface area contributed by atoms with E-state index in [9.17, 15) is 8.42 Å². The molecule has 1 aliphatic rings. The third-order valence-electron chi connectivity index (χ3n) is 2.96. The van der Waals surface area contributed by atoms with Crippen LogP contribution in [0.5, 0.6) is 0 Å². The van der Waals surface area contributed by atoms with Crippen molar-refractivity contribution in [2.24, 2.45) is 0 Å². The van der Waals surface area contributed by atoms with Gasteiger partial charge in [-0.15, -0.1) is 0 Å². The molecule has 7 heteroatoms. The molecule has 0 aromatic heterocycles. The lowest BCUT2D eigenvalue weighted by Crippen LogP contribution is -2.30. The van der Waals surface area contributed by atoms with Crippen LogP contribution in [0.2, 0.25) is 10.0 Å². The second-order valence-corrected chi connectivity index (χ2v) is 7.35. The third-order valence-corrected chi connectivity index (χ3v) is 4.69. The van der Waals surface area contributed by atoms with E-state index < -0.39 is 10.0 Å². The van der Waals surface area contributed by atoms with Gasteiger partial charge in [-0.25, -0.2) is 13.1 Å². The predicted octanol–water partition coefficient (Wildman–Crippen LogP) is 2.33. The summed E-state index contributed by atoms with van der Waals surface area (Å²) in [5.41, 5.74) is 1.69. The molecule has 0 fully saturated rings. The van der Waals surface area contributed by atoms with E-state index in [-0.39, 0.29) is 5.75 Å². The normalized spacial score (nSPS) is 16.0. The quantitative estimate of drug-likeness (QED) is 0.812. The molecule has 20 heavy (non-hydrogen) atoms. The molecule has 1 aromatic carbocycles. The van der Waals surface area contributed by atoms with Crippen molar-refractivity contribution in [1.29, 1.82) is 0 Å². The number of hydrogen-bond acceptors (Lipinski definition) is 3. The molecule has 0 spiro atoms. The molecule has 0 saturated heterocycles. The SMILES string of the molecule is O=S(=O)(Cc1cc(Cl)cc(Cl)c1)NCC1=CCNCC1. The zero-order valence-electron chi connectivity index (χ0n) is 10.8. The number of halogens is 2. The van der Waals surface area contributed by atoms with Crippen molar-refractivity contribution in [1.82, 2.24) is 10.0 Å². The average molecular weight is 335 g/mol. The van der Waals surface area contributed by atoms with Crippen LogP contribution in [0.1, 0.15) is 12.0 Å². The van der Waals surface area contributed by atoms with E-state index >= 15 is 0 Å². The van der Waals surface area contributed by atoms with Gasteiger partial charge in [0.2, 0.25) is 10.0 Å². The van der Waals surface area contributed by atoms with E-state index in [2.05, 4.69) is 10.0 Å². The summed E-state index contributed by atoms with van der Waals surface area (Å²) in [6, 6.07) is 4.79. The molecule has 1 heterocycles. The summed E-state index contributed by atoms with van der Waals surface area (Å²) in [5.74, 6) is -0.126. The lowest BCUT2D eigenvalue weighted by atomic mass is 10.1. The second-order valence-electron chi connectivity index (χ2n) is 4.67. The van der Waals surface area contributed by atoms with Gasteiger partial charge in [0.25, 0.3) is 0 Å². The fourth-order valence-electron chi connectivity index (χ4n) is 2.00. The van der Waals surface area contributed by atoms with Crippen LogP contribution in [-0.2, 0) is 15.8 Å². The van der Waals surface area contributed by atoms with Gasteiger partial charge in [0.1, 0.15) is 0 Å². The Morgan fingerprint density at radius 3 is 2.50 bits per heavy atom. The molecule has 0 unspecified atom stereocenters. The maximum absolute atomic E-state index is 12.0. The Bertz CT molecular complexity index is 595. The van der Waals surface area contributed by atoms with Crippen LogP contribution in [0.3, 0.4) is 0 Å². The van der Waals surface area contributed by atoms with Crippen molar-refractivity contribution in [3.63, 3.8) is 0 Å². The summed E-state index contributed by atoms with van der Waals surface area (Å²) in [4.78, 5) is 0. The first-order valence-corrected chi connectivity index (χ1v) is 8.66. The topological polar surface area (TPSA) is 58.2 Å². The minimum atomic E-state index is -3.40. The first-order valence-electron chi connectivity index (χ1n) is 6.25.